The molecule has 2 N–H and O–H groups in total. The molecule has 0 spiro atoms. The fourth-order valence-corrected chi connectivity index (χ4v) is 4.85. The largest absolute Gasteiger partial charge is 0.323 e. The summed E-state index contributed by atoms with van der Waals surface area (Å²) in [4.78, 5) is 22.1. The second-order valence-corrected chi connectivity index (χ2v) is 9.95. The van der Waals surface area contributed by atoms with Gasteiger partial charge in [-0.3, -0.25) is 9.58 Å². The molecule has 8 nitrogen and oxygen atoms in total. The minimum absolute atomic E-state index is 0.146. The van der Waals surface area contributed by atoms with Crippen molar-refractivity contribution >= 4 is 28.4 Å². The fraction of sp³-hybridized carbons (Fsp3) is 0.321. The van der Waals surface area contributed by atoms with E-state index in [1.165, 1.54) is 6.07 Å². The smallest absolute Gasteiger partial charge is 0.308 e. The lowest BCUT2D eigenvalue weighted by atomic mass is 10.0. The van der Waals surface area contributed by atoms with E-state index in [-0.39, 0.29) is 5.69 Å². The van der Waals surface area contributed by atoms with Gasteiger partial charge in [0.05, 0.1) is 17.6 Å². The lowest BCUT2D eigenvalue weighted by Crippen LogP contribution is -2.31. The number of amides is 2. The number of nitrogens with zero attached hydrogens (tertiary/aromatic N) is 5. The van der Waals surface area contributed by atoms with Crippen LogP contribution in [0.3, 0.4) is 0 Å². The van der Waals surface area contributed by atoms with Crippen molar-refractivity contribution in [2.75, 3.05) is 37.8 Å². The molecule has 192 valence electrons. The number of carbonyl (C=O) groups excluding carboxylic acids is 1. The van der Waals surface area contributed by atoms with Gasteiger partial charge in [-0.2, -0.15) is 5.10 Å². The Labute approximate surface area is 216 Å². The Morgan fingerprint density at radius 2 is 1.92 bits per heavy atom. The third kappa shape index (κ3) is 5.47. The quantitative estimate of drug-likeness (QED) is 0.394. The number of aromatic nitrogens is 3. The summed E-state index contributed by atoms with van der Waals surface area (Å²) < 4.78 is 15.8. The van der Waals surface area contributed by atoms with E-state index in [9.17, 15) is 9.18 Å². The average molecular weight is 502 g/mol. The summed E-state index contributed by atoms with van der Waals surface area (Å²) in [5.74, 6) is -0.476. The molecule has 4 aromatic rings. The zero-order chi connectivity index (χ0) is 26.1. The molecule has 9 heteroatoms. The van der Waals surface area contributed by atoms with Crippen LogP contribution < -0.4 is 10.6 Å². The number of likely N-dealkylation sites (tertiary alicyclic amines) is 1. The number of hydrogen-bond donors (Lipinski definition) is 2. The van der Waals surface area contributed by atoms with E-state index in [2.05, 4.69) is 45.7 Å². The van der Waals surface area contributed by atoms with Gasteiger partial charge in [-0.15, -0.1) is 0 Å². The van der Waals surface area contributed by atoms with Crippen LogP contribution in [0, 0.1) is 12.7 Å². The first-order valence-corrected chi connectivity index (χ1v) is 12.4. The number of halogens is 1. The van der Waals surface area contributed by atoms with Gasteiger partial charge in [0.15, 0.2) is 5.65 Å². The van der Waals surface area contributed by atoms with Crippen LogP contribution in [-0.4, -0.2) is 63.8 Å². The van der Waals surface area contributed by atoms with Crippen molar-refractivity contribution in [3.05, 3.63) is 71.8 Å². The summed E-state index contributed by atoms with van der Waals surface area (Å²) in [5.41, 5.74) is 5.52. The highest BCUT2D eigenvalue weighted by Gasteiger charge is 2.24. The van der Waals surface area contributed by atoms with E-state index < -0.39 is 11.8 Å². The third-order valence-corrected chi connectivity index (χ3v) is 6.95. The Kier molecular flexibility index (Phi) is 6.90. The highest BCUT2D eigenvalue weighted by Crippen LogP contribution is 2.30. The van der Waals surface area contributed by atoms with Gasteiger partial charge in [-0.05, 0) is 74.5 Å². The van der Waals surface area contributed by atoms with Crippen molar-refractivity contribution in [3.63, 3.8) is 0 Å². The minimum atomic E-state index is -0.500. The van der Waals surface area contributed by atoms with Crippen LogP contribution >= 0.6 is 0 Å². The molecule has 2 aromatic heterocycles. The summed E-state index contributed by atoms with van der Waals surface area (Å²) >= 11 is 0. The van der Waals surface area contributed by atoms with E-state index >= 15 is 0 Å². The molecular weight excluding hydrogens is 469 g/mol. The second kappa shape index (κ2) is 10.3. The molecule has 0 bridgehead atoms. The van der Waals surface area contributed by atoms with Crippen LogP contribution in [0.2, 0.25) is 0 Å². The molecule has 1 saturated heterocycles. The number of anilines is 2. The summed E-state index contributed by atoms with van der Waals surface area (Å²) in [6.07, 6.45) is 3.00. The second-order valence-electron chi connectivity index (χ2n) is 9.95. The maximum Gasteiger partial charge on any atom is 0.323 e. The molecule has 1 unspecified atom stereocenters. The number of aryl methyl sites for hydroxylation is 2. The maximum atomic E-state index is 14.0. The SMILES string of the molecule is Cc1ccc(F)c(NC(=O)Nc2ccc(-c3cc(CN4CCC(N(C)C)C4)nc4c3cnn4C)cc2)c1. The first kappa shape index (κ1) is 24.9. The molecule has 0 saturated carbocycles. The van der Waals surface area contributed by atoms with Crippen LogP contribution in [0.5, 0.6) is 0 Å². The predicted molar refractivity (Wildman–Crippen MR) is 145 cm³/mol. The molecular formula is C28H32FN7O. The standard InChI is InChI=1S/C28H32FN7O/c1-18-5-10-25(29)26(13-18)33-28(37)32-20-8-6-19(7-9-20)23-14-21(31-27-24(23)15-30-35(27)4)16-36-12-11-22(17-36)34(2)3/h5-10,13-15,22H,11-12,16-17H2,1-4H3,(H2,32,33,37). The summed E-state index contributed by atoms with van der Waals surface area (Å²) in [6.45, 7) is 4.71. The van der Waals surface area contributed by atoms with E-state index in [0.29, 0.717) is 11.7 Å². The molecule has 2 amide bonds. The monoisotopic (exact) mass is 501 g/mol. The molecule has 1 aliphatic heterocycles. The predicted octanol–water partition coefficient (Wildman–Crippen LogP) is 4.86. The number of urea groups is 1. The van der Waals surface area contributed by atoms with Crippen molar-refractivity contribution in [3.8, 4) is 11.1 Å². The Morgan fingerprint density at radius 3 is 2.65 bits per heavy atom. The molecule has 5 rings (SSSR count). The first-order valence-electron chi connectivity index (χ1n) is 12.4. The van der Waals surface area contributed by atoms with Crippen LogP contribution in [-0.2, 0) is 13.6 Å². The van der Waals surface area contributed by atoms with Crippen molar-refractivity contribution in [1.29, 1.82) is 0 Å². The fourth-order valence-electron chi connectivity index (χ4n) is 4.85. The number of benzene rings is 2. The van der Waals surface area contributed by atoms with Gasteiger partial charge in [-0.1, -0.05) is 18.2 Å². The lowest BCUT2D eigenvalue weighted by molar-refractivity contribution is 0.262. The van der Waals surface area contributed by atoms with Crippen molar-refractivity contribution < 1.29 is 9.18 Å². The normalized spacial score (nSPS) is 16.0. The molecule has 0 aliphatic carbocycles. The first-order chi connectivity index (χ1) is 17.8. The van der Waals surface area contributed by atoms with Crippen LogP contribution in [0.15, 0.2) is 54.7 Å². The van der Waals surface area contributed by atoms with E-state index in [0.717, 1.165) is 59.5 Å². The summed E-state index contributed by atoms with van der Waals surface area (Å²) in [5, 5.41) is 10.8. The minimum Gasteiger partial charge on any atom is -0.308 e. The Hall–Kier alpha value is -3.82. The topological polar surface area (TPSA) is 78.3 Å². The molecule has 1 fully saturated rings. The van der Waals surface area contributed by atoms with Crippen molar-refractivity contribution in [2.24, 2.45) is 7.05 Å². The number of pyridine rings is 1. The molecule has 3 heterocycles. The van der Waals surface area contributed by atoms with Crippen LogP contribution in [0.4, 0.5) is 20.6 Å². The van der Waals surface area contributed by atoms with Crippen molar-refractivity contribution in [1.82, 2.24) is 24.6 Å². The van der Waals surface area contributed by atoms with Gasteiger partial charge in [0.25, 0.3) is 0 Å². The Bertz CT molecular complexity index is 1430. The third-order valence-electron chi connectivity index (χ3n) is 6.95. The Morgan fingerprint density at radius 1 is 1.14 bits per heavy atom. The van der Waals surface area contributed by atoms with Gasteiger partial charge < -0.3 is 15.5 Å². The van der Waals surface area contributed by atoms with Gasteiger partial charge in [0.2, 0.25) is 0 Å². The zero-order valence-electron chi connectivity index (χ0n) is 21.6. The number of carbonyl (C=O) groups is 1. The number of rotatable bonds is 6. The van der Waals surface area contributed by atoms with E-state index in [1.807, 2.05) is 44.4 Å². The molecule has 1 aliphatic rings. The van der Waals surface area contributed by atoms with E-state index in [4.69, 9.17) is 4.98 Å². The molecule has 0 radical (unpaired) electrons. The van der Waals surface area contributed by atoms with Gasteiger partial charge in [0.1, 0.15) is 5.82 Å². The molecule has 37 heavy (non-hydrogen) atoms. The number of nitrogens with one attached hydrogen (secondary N) is 2. The Balaban J connectivity index is 1.34. The van der Waals surface area contributed by atoms with Gasteiger partial charge >= 0.3 is 6.03 Å². The maximum absolute atomic E-state index is 14.0. The molecule has 2 aromatic carbocycles. The summed E-state index contributed by atoms with van der Waals surface area (Å²) in [7, 11) is 6.17. The van der Waals surface area contributed by atoms with Gasteiger partial charge in [0, 0.05) is 43.8 Å². The number of likely N-dealkylation sites (N-methyl/N-ethyl adjacent to an activating group) is 1. The zero-order valence-corrected chi connectivity index (χ0v) is 21.6. The highest BCUT2D eigenvalue weighted by molar-refractivity contribution is 6.00. The highest BCUT2D eigenvalue weighted by atomic mass is 19.1. The summed E-state index contributed by atoms with van der Waals surface area (Å²) in [6, 6.07) is 14.4. The van der Waals surface area contributed by atoms with Crippen molar-refractivity contribution in [2.45, 2.75) is 25.9 Å². The van der Waals surface area contributed by atoms with Crippen LogP contribution in [0.1, 0.15) is 17.7 Å². The number of fused-ring (bicyclic) bond motifs is 1. The van der Waals surface area contributed by atoms with Crippen LogP contribution in [0.25, 0.3) is 22.2 Å². The van der Waals surface area contributed by atoms with E-state index in [1.54, 1.807) is 16.8 Å². The number of hydrogen-bond acceptors (Lipinski definition) is 5. The lowest BCUT2D eigenvalue weighted by Gasteiger charge is -2.20. The van der Waals surface area contributed by atoms with Gasteiger partial charge in [-0.25, -0.2) is 14.2 Å². The average Bonchev–Trinajstić information content (AvgIpc) is 3.49. The molecule has 1 atom stereocenters.